The van der Waals surface area contributed by atoms with Crippen LogP contribution in [0.1, 0.15) is 12.5 Å². The number of methoxy groups -OCH3 is 2. The first-order chi connectivity index (χ1) is 8.58. The van der Waals surface area contributed by atoms with Crippen molar-refractivity contribution < 1.29 is 14.3 Å². The van der Waals surface area contributed by atoms with Crippen LogP contribution in [0.5, 0.6) is 11.5 Å². The van der Waals surface area contributed by atoms with E-state index in [0.29, 0.717) is 18.0 Å². The first kappa shape index (κ1) is 14.7. The average molecular weight is 269 g/mol. The minimum atomic E-state index is -0.282. The highest BCUT2D eigenvalue weighted by Gasteiger charge is 2.07. The van der Waals surface area contributed by atoms with Gasteiger partial charge in [-0.2, -0.15) is 12.6 Å². The standard InChI is InChI=1S/C13H19NO3S/c1-9(18)13(15)14-7-6-10-4-5-11(16-2)12(8-10)17-3/h4-5,8-9,18H,6-7H2,1-3H3,(H,14,15). The number of carbonyl (C=O) groups is 1. The molecule has 1 atom stereocenters. The van der Waals surface area contributed by atoms with Gasteiger partial charge in [-0.3, -0.25) is 4.79 Å². The summed E-state index contributed by atoms with van der Waals surface area (Å²) in [6.45, 7) is 2.33. The van der Waals surface area contributed by atoms with Crippen molar-refractivity contribution in [3.63, 3.8) is 0 Å². The van der Waals surface area contributed by atoms with Gasteiger partial charge < -0.3 is 14.8 Å². The Bertz CT molecular complexity index is 407. The van der Waals surface area contributed by atoms with Crippen molar-refractivity contribution in [2.45, 2.75) is 18.6 Å². The number of benzene rings is 1. The van der Waals surface area contributed by atoms with Gasteiger partial charge >= 0.3 is 0 Å². The van der Waals surface area contributed by atoms with Crippen molar-refractivity contribution in [1.82, 2.24) is 5.32 Å². The molecular formula is C13H19NO3S. The smallest absolute Gasteiger partial charge is 0.232 e. The first-order valence-corrected chi connectivity index (χ1v) is 6.26. The van der Waals surface area contributed by atoms with Gasteiger partial charge in [0.25, 0.3) is 0 Å². The highest BCUT2D eigenvalue weighted by molar-refractivity contribution is 7.81. The van der Waals surface area contributed by atoms with E-state index in [0.717, 1.165) is 12.0 Å². The molecule has 1 N–H and O–H groups in total. The molecule has 0 aliphatic carbocycles. The molecular weight excluding hydrogens is 250 g/mol. The van der Waals surface area contributed by atoms with Crippen LogP contribution in [0.2, 0.25) is 0 Å². The molecule has 0 radical (unpaired) electrons. The largest absolute Gasteiger partial charge is 0.493 e. The Morgan fingerprint density at radius 2 is 2.00 bits per heavy atom. The molecule has 5 heteroatoms. The van der Waals surface area contributed by atoms with Crippen molar-refractivity contribution in [1.29, 1.82) is 0 Å². The fourth-order valence-electron chi connectivity index (χ4n) is 1.51. The Labute approximate surface area is 113 Å². The van der Waals surface area contributed by atoms with Gasteiger partial charge in [-0.05, 0) is 31.0 Å². The van der Waals surface area contributed by atoms with Crippen LogP contribution < -0.4 is 14.8 Å². The van der Waals surface area contributed by atoms with Gasteiger partial charge in [0.05, 0.1) is 19.5 Å². The summed E-state index contributed by atoms with van der Waals surface area (Å²) in [7, 11) is 3.21. The number of thiol groups is 1. The van der Waals surface area contributed by atoms with Crippen LogP contribution in [0.3, 0.4) is 0 Å². The van der Waals surface area contributed by atoms with E-state index in [-0.39, 0.29) is 11.2 Å². The summed E-state index contributed by atoms with van der Waals surface area (Å²) >= 11 is 4.06. The molecule has 1 rings (SSSR count). The topological polar surface area (TPSA) is 47.6 Å². The lowest BCUT2D eigenvalue weighted by atomic mass is 10.1. The van der Waals surface area contributed by atoms with Crippen LogP contribution in [0.4, 0.5) is 0 Å². The number of ether oxygens (including phenoxy) is 2. The minimum Gasteiger partial charge on any atom is -0.493 e. The molecule has 1 aromatic rings. The second kappa shape index (κ2) is 7.16. The lowest BCUT2D eigenvalue weighted by Crippen LogP contribution is -2.31. The molecule has 0 spiro atoms. The van der Waals surface area contributed by atoms with Crippen LogP contribution >= 0.6 is 12.6 Å². The zero-order valence-corrected chi connectivity index (χ0v) is 11.8. The second-order valence-corrected chi connectivity index (χ2v) is 4.68. The third-order valence-electron chi connectivity index (χ3n) is 2.54. The van der Waals surface area contributed by atoms with E-state index in [4.69, 9.17) is 9.47 Å². The van der Waals surface area contributed by atoms with E-state index >= 15 is 0 Å². The van der Waals surface area contributed by atoms with E-state index in [2.05, 4.69) is 17.9 Å². The van der Waals surface area contributed by atoms with Crippen LogP contribution in [0.15, 0.2) is 18.2 Å². The molecule has 0 aliphatic heterocycles. The molecule has 100 valence electrons. The monoisotopic (exact) mass is 269 g/mol. The van der Waals surface area contributed by atoms with Crippen LogP contribution in [0, 0.1) is 0 Å². The Hall–Kier alpha value is -1.36. The summed E-state index contributed by atoms with van der Waals surface area (Å²) in [5.74, 6) is 1.34. The highest BCUT2D eigenvalue weighted by atomic mass is 32.1. The molecule has 0 bridgehead atoms. The predicted octanol–water partition coefficient (Wildman–Crippen LogP) is 1.68. The predicted molar refractivity (Wildman–Crippen MR) is 74.7 cm³/mol. The summed E-state index contributed by atoms with van der Waals surface area (Å²) in [6.07, 6.45) is 0.743. The molecule has 0 aliphatic rings. The Morgan fingerprint density at radius 3 is 2.56 bits per heavy atom. The van der Waals surface area contributed by atoms with Gasteiger partial charge in [0.1, 0.15) is 0 Å². The van der Waals surface area contributed by atoms with E-state index in [9.17, 15) is 4.79 Å². The third-order valence-corrected chi connectivity index (χ3v) is 2.77. The van der Waals surface area contributed by atoms with Gasteiger partial charge in [0.2, 0.25) is 5.91 Å². The summed E-state index contributed by atoms with van der Waals surface area (Å²) in [6, 6.07) is 5.73. The molecule has 0 aromatic heterocycles. The van der Waals surface area contributed by atoms with Gasteiger partial charge in [0, 0.05) is 6.54 Å². The molecule has 1 unspecified atom stereocenters. The molecule has 0 saturated carbocycles. The van der Waals surface area contributed by atoms with Gasteiger partial charge in [-0.25, -0.2) is 0 Å². The quantitative estimate of drug-likeness (QED) is 0.773. The van der Waals surface area contributed by atoms with Crippen molar-refractivity contribution in [2.24, 2.45) is 0 Å². The molecule has 0 fully saturated rings. The maximum absolute atomic E-state index is 11.3. The molecule has 0 heterocycles. The van der Waals surface area contributed by atoms with Crippen molar-refractivity contribution >= 4 is 18.5 Å². The maximum atomic E-state index is 11.3. The minimum absolute atomic E-state index is 0.0567. The van der Waals surface area contributed by atoms with Crippen LogP contribution in [-0.2, 0) is 11.2 Å². The number of hydrogen-bond acceptors (Lipinski definition) is 4. The van der Waals surface area contributed by atoms with Gasteiger partial charge in [0.15, 0.2) is 11.5 Å². The third kappa shape index (κ3) is 4.14. The van der Waals surface area contributed by atoms with Gasteiger partial charge in [-0.15, -0.1) is 0 Å². The fourth-order valence-corrected chi connectivity index (χ4v) is 1.61. The molecule has 4 nitrogen and oxygen atoms in total. The van der Waals surface area contributed by atoms with E-state index in [1.807, 2.05) is 18.2 Å². The number of rotatable bonds is 6. The van der Waals surface area contributed by atoms with Crippen LogP contribution in [-0.4, -0.2) is 31.9 Å². The van der Waals surface area contributed by atoms with Crippen molar-refractivity contribution in [3.8, 4) is 11.5 Å². The molecule has 1 aromatic carbocycles. The van der Waals surface area contributed by atoms with Gasteiger partial charge in [-0.1, -0.05) is 6.07 Å². The summed E-state index contributed by atoms with van der Waals surface area (Å²) < 4.78 is 10.4. The Morgan fingerprint density at radius 1 is 1.33 bits per heavy atom. The van der Waals surface area contributed by atoms with Crippen molar-refractivity contribution in [3.05, 3.63) is 23.8 Å². The Balaban J connectivity index is 2.55. The molecule has 1 amide bonds. The Kier molecular flexibility index (Phi) is 5.85. The van der Waals surface area contributed by atoms with E-state index in [1.165, 1.54) is 0 Å². The number of nitrogens with one attached hydrogen (secondary N) is 1. The molecule has 0 saturated heterocycles. The fraction of sp³-hybridized carbons (Fsp3) is 0.462. The average Bonchev–Trinajstić information content (AvgIpc) is 2.38. The highest BCUT2D eigenvalue weighted by Crippen LogP contribution is 2.27. The van der Waals surface area contributed by atoms with Crippen LogP contribution in [0.25, 0.3) is 0 Å². The summed E-state index contributed by atoms with van der Waals surface area (Å²) in [5, 5.41) is 2.53. The van der Waals surface area contributed by atoms with E-state index < -0.39 is 0 Å². The van der Waals surface area contributed by atoms with Crippen molar-refractivity contribution in [2.75, 3.05) is 20.8 Å². The SMILES string of the molecule is COc1ccc(CCNC(=O)C(C)S)cc1OC. The van der Waals surface area contributed by atoms with E-state index in [1.54, 1.807) is 21.1 Å². The summed E-state index contributed by atoms with van der Waals surface area (Å²) in [5.41, 5.74) is 1.08. The zero-order chi connectivity index (χ0) is 13.5. The zero-order valence-electron chi connectivity index (χ0n) is 10.9. The number of amides is 1. The normalized spacial score (nSPS) is 11.8. The maximum Gasteiger partial charge on any atom is 0.232 e. The number of hydrogen-bond donors (Lipinski definition) is 2. The molecule has 18 heavy (non-hydrogen) atoms. The lowest BCUT2D eigenvalue weighted by molar-refractivity contribution is -0.120. The lowest BCUT2D eigenvalue weighted by Gasteiger charge is -2.10. The number of carbonyl (C=O) groups excluding carboxylic acids is 1. The summed E-state index contributed by atoms with van der Waals surface area (Å²) in [4.78, 5) is 11.3. The second-order valence-electron chi connectivity index (χ2n) is 3.91. The first-order valence-electron chi connectivity index (χ1n) is 5.75.